The van der Waals surface area contributed by atoms with Gasteiger partial charge in [-0.3, -0.25) is 0 Å². The van der Waals surface area contributed by atoms with E-state index in [1.807, 2.05) is 31.2 Å². The number of hydrogen-bond acceptors (Lipinski definition) is 4. The first-order chi connectivity index (χ1) is 9.35. The van der Waals surface area contributed by atoms with E-state index in [4.69, 9.17) is 9.15 Å². The number of aliphatic hydroxyl groups is 1. The standard InChI is InChI=1S/C16H23NO3/c1-11-8-13-14(6-5-7-15(13)20-11)19-10-12(18)9-17-16(2,3)4/h5-8,12,17-18H,9-10H2,1-4H3. The summed E-state index contributed by atoms with van der Waals surface area (Å²) in [4.78, 5) is 0. The second-order valence-corrected chi connectivity index (χ2v) is 6.12. The summed E-state index contributed by atoms with van der Waals surface area (Å²) < 4.78 is 11.3. The molecule has 1 unspecified atom stereocenters. The van der Waals surface area contributed by atoms with Gasteiger partial charge >= 0.3 is 0 Å². The van der Waals surface area contributed by atoms with Gasteiger partial charge in [-0.2, -0.15) is 0 Å². The first-order valence-corrected chi connectivity index (χ1v) is 6.90. The number of aryl methyl sites for hydroxylation is 1. The molecule has 4 nitrogen and oxygen atoms in total. The van der Waals surface area contributed by atoms with Gasteiger partial charge in [0, 0.05) is 12.1 Å². The topological polar surface area (TPSA) is 54.6 Å². The maximum Gasteiger partial charge on any atom is 0.137 e. The molecule has 0 aliphatic carbocycles. The highest BCUT2D eigenvalue weighted by Gasteiger charge is 2.13. The average Bonchev–Trinajstić information content (AvgIpc) is 2.73. The van der Waals surface area contributed by atoms with Crippen molar-refractivity contribution in [2.45, 2.75) is 39.3 Å². The third-order valence-electron chi connectivity index (χ3n) is 2.94. The molecule has 1 heterocycles. The molecule has 1 aromatic heterocycles. The zero-order valence-electron chi connectivity index (χ0n) is 12.6. The van der Waals surface area contributed by atoms with Crippen LogP contribution < -0.4 is 10.1 Å². The van der Waals surface area contributed by atoms with E-state index in [0.717, 1.165) is 22.5 Å². The zero-order valence-corrected chi connectivity index (χ0v) is 12.6. The molecule has 0 saturated carbocycles. The van der Waals surface area contributed by atoms with E-state index in [0.29, 0.717) is 6.54 Å². The fourth-order valence-corrected chi connectivity index (χ4v) is 1.96. The molecule has 0 radical (unpaired) electrons. The zero-order chi connectivity index (χ0) is 14.8. The smallest absolute Gasteiger partial charge is 0.137 e. The van der Waals surface area contributed by atoms with Crippen LogP contribution in [0.4, 0.5) is 0 Å². The van der Waals surface area contributed by atoms with Crippen LogP contribution in [-0.2, 0) is 0 Å². The Hall–Kier alpha value is -1.52. The van der Waals surface area contributed by atoms with Gasteiger partial charge in [-0.05, 0) is 45.9 Å². The van der Waals surface area contributed by atoms with Crippen LogP contribution in [0.3, 0.4) is 0 Å². The summed E-state index contributed by atoms with van der Waals surface area (Å²) in [6, 6.07) is 7.64. The third kappa shape index (κ3) is 3.99. The monoisotopic (exact) mass is 277 g/mol. The van der Waals surface area contributed by atoms with Crippen molar-refractivity contribution in [3.8, 4) is 5.75 Å². The molecule has 1 atom stereocenters. The van der Waals surface area contributed by atoms with Crippen molar-refractivity contribution in [2.75, 3.05) is 13.2 Å². The van der Waals surface area contributed by atoms with Gasteiger partial charge in [-0.1, -0.05) is 6.07 Å². The maximum atomic E-state index is 9.94. The van der Waals surface area contributed by atoms with Crippen LogP contribution in [0.15, 0.2) is 28.7 Å². The number of aliphatic hydroxyl groups excluding tert-OH is 1. The summed E-state index contributed by atoms with van der Waals surface area (Å²) in [7, 11) is 0. The number of hydrogen-bond donors (Lipinski definition) is 2. The number of nitrogens with one attached hydrogen (secondary N) is 1. The normalized spacial score (nSPS) is 13.7. The summed E-state index contributed by atoms with van der Waals surface area (Å²) in [6.07, 6.45) is -0.544. The van der Waals surface area contributed by atoms with E-state index in [1.54, 1.807) is 0 Å². The van der Waals surface area contributed by atoms with Crippen LogP contribution in [0.25, 0.3) is 11.0 Å². The Labute approximate surface area is 119 Å². The van der Waals surface area contributed by atoms with Gasteiger partial charge in [0.05, 0.1) is 5.39 Å². The quantitative estimate of drug-likeness (QED) is 0.882. The highest BCUT2D eigenvalue weighted by Crippen LogP contribution is 2.28. The molecule has 2 aromatic rings. The van der Waals surface area contributed by atoms with Crippen LogP contribution >= 0.6 is 0 Å². The molecule has 1 aromatic carbocycles. The molecule has 4 heteroatoms. The van der Waals surface area contributed by atoms with Crippen LogP contribution in [-0.4, -0.2) is 29.9 Å². The van der Waals surface area contributed by atoms with Gasteiger partial charge in [0.15, 0.2) is 0 Å². The van der Waals surface area contributed by atoms with Crippen molar-refractivity contribution >= 4 is 11.0 Å². The molecule has 0 aliphatic heterocycles. The first-order valence-electron chi connectivity index (χ1n) is 6.90. The molecule has 110 valence electrons. The highest BCUT2D eigenvalue weighted by atomic mass is 16.5. The average molecular weight is 277 g/mol. The minimum Gasteiger partial charge on any atom is -0.490 e. The van der Waals surface area contributed by atoms with Gasteiger partial charge in [0.1, 0.15) is 29.8 Å². The van der Waals surface area contributed by atoms with Crippen molar-refractivity contribution in [3.63, 3.8) is 0 Å². The van der Waals surface area contributed by atoms with E-state index in [2.05, 4.69) is 26.1 Å². The lowest BCUT2D eigenvalue weighted by Crippen LogP contribution is -2.42. The highest BCUT2D eigenvalue weighted by molar-refractivity contribution is 5.84. The Kier molecular flexibility index (Phi) is 4.35. The predicted octanol–water partition coefficient (Wildman–Crippen LogP) is 2.87. The lowest BCUT2D eigenvalue weighted by Gasteiger charge is -2.23. The van der Waals surface area contributed by atoms with E-state index in [1.165, 1.54) is 0 Å². The summed E-state index contributed by atoms with van der Waals surface area (Å²) >= 11 is 0. The SMILES string of the molecule is Cc1cc2c(OCC(O)CNC(C)(C)C)cccc2o1. The molecule has 0 saturated heterocycles. The molecule has 0 spiro atoms. The first kappa shape index (κ1) is 14.9. The summed E-state index contributed by atoms with van der Waals surface area (Å²) in [5, 5.41) is 14.1. The van der Waals surface area contributed by atoms with Gasteiger partial charge in [-0.25, -0.2) is 0 Å². The second kappa shape index (κ2) is 5.85. The van der Waals surface area contributed by atoms with Crippen LogP contribution in [0, 0.1) is 6.92 Å². The molecule has 0 fully saturated rings. The van der Waals surface area contributed by atoms with Gasteiger partial charge < -0.3 is 19.6 Å². The van der Waals surface area contributed by atoms with Crippen molar-refractivity contribution in [1.82, 2.24) is 5.32 Å². The number of benzene rings is 1. The van der Waals surface area contributed by atoms with Crippen LogP contribution in [0.5, 0.6) is 5.75 Å². The lowest BCUT2D eigenvalue weighted by molar-refractivity contribution is 0.101. The van der Waals surface area contributed by atoms with Crippen molar-refractivity contribution in [1.29, 1.82) is 0 Å². The lowest BCUT2D eigenvalue weighted by atomic mass is 10.1. The van der Waals surface area contributed by atoms with Gasteiger partial charge in [-0.15, -0.1) is 0 Å². The predicted molar refractivity (Wildman–Crippen MR) is 80.2 cm³/mol. The van der Waals surface area contributed by atoms with Crippen molar-refractivity contribution in [3.05, 3.63) is 30.0 Å². The summed E-state index contributed by atoms with van der Waals surface area (Å²) in [5.41, 5.74) is 0.796. The fourth-order valence-electron chi connectivity index (χ4n) is 1.96. The molecular weight excluding hydrogens is 254 g/mol. The van der Waals surface area contributed by atoms with Gasteiger partial charge in [0.25, 0.3) is 0 Å². The minimum absolute atomic E-state index is 0.0112. The van der Waals surface area contributed by atoms with E-state index in [9.17, 15) is 5.11 Å². The largest absolute Gasteiger partial charge is 0.490 e. The molecule has 0 aliphatic rings. The van der Waals surface area contributed by atoms with Crippen molar-refractivity contribution < 1.29 is 14.3 Å². The Morgan fingerprint density at radius 1 is 1.35 bits per heavy atom. The molecule has 2 rings (SSSR count). The van der Waals surface area contributed by atoms with Crippen LogP contribution in [0.1, 0.15) is 26.5 Å². The number of β-amino-alcohol motifs (C(OH)–C–C–N with tert-alkyl or cyclic N) is 1. The summed E-state index contributed by atoms with van der Waals surface area (Å²) in [6.45, 7) is 8.86. The number of rotatable bonds is 5. The molecule has 0 amide bonds. The third-order valence-corrected chi connectivity index (χ3v) is 2.94. The number of furan rings is 1. The van der Waals surface area contributed by atoms with E-state index in [-0.39, 0.29) is 12.1 Å². The molecule has 0 bridgehead atoms. The van der Waals surface area contributed by atoms with Crippen molar-refractivity contribution in [2.24, 2.45) is 0 Å². The van der Waals surface area contributed by atoms with E-state index < -0.39 is 6.10 Å². The second-order valence-electron chi connectivity index (χ2n) is 6.12. The maximum absolute atomic E-state index is 9.94. The Balaban J connectivity index is 1.95. The fraction of sp³-hybridized carbons (Fsp3) is 0.500. The molecular formula is C16H23NO3. The Morgan fingerprint density at radius 3 is 2.80 bits per heavy atom. The number of ether oxygens (including phenoxy) is 1. The Morgan fingerprint density at radius 2 is 2.10 bits per heavy atom. The minimum atomic E-state index is -0.544. The number of fused-ring (bicyclic) bond motifs is 1. The molecule has 20 heavy (non-hydrogen) atoms. The van der Waals surface area contributed by atoms with E-state index >= 15 is 0 Å². The van der Waals surface area contributed by atoms with Gasteiger partial charge in [0.2, 0.25) is 0 Å². The van der Waals surface area contributed by atoms with Crippen LogP contribution in [0.2, 0.25) is 0 Å². The summed E-state index contributed by atoms with van der Waals surface area (Å²) in [5.74, 6) is 1.60. The molecule has 2 N–H and O–H groups in total. The Bertz CT molecular complexity index is 569.